The minimum Gasteiger partial charge on any atom is -0.480 e. The zero-order valence-electron chi connectivity index (χ0n) is 13.2. The Balaban J connectivity index is 3.49. The summed E-state index contributed by atoms with van der Waals surface area (Å²) in [4.78, 5) is 23.8. The molecule has 0 saturated carbocycles. The molecule has 4 heteroatoms. The summed E-state index contributed by atoms with van der Waals surface area (Å²) in [6.45, 7) is 4.34. The van der Waals surface area contributed by atoms with Gasteiger partial charge in [0, 0.05) is 13.0 Å². The van der Waals surface area contributed by atoms with Crippen molar-refractivity contribution in [2.75, 3.05) is 13.1 Å². The lowest BCUT2D eigenvalue weighted by Gasteiger charge is -2.18. The maximum absolute atomic E-state index is 11.8. The van der Waals surface area contributed by atoms with E-state index in [9.17, 15) is 9.59 Å². The van der Waals surface area contributed by atoms with Gasteiger partial charge in [-0.25, -0.2) is 0 Å². The number of carboxylic acid groups (broad SMARTS) is 1. The van der Waals surface area contributed by atoms with Gasteiger partial charge in [-0.1, -0.05) is 58.3 Å². The zero-order valence-corrected chi connectivity index (χ0v) is 13.2. The molecule has 0 unspecified atom stereocenters. The number of rotatable bonds is 13. The van der Waals surface area contributed by atoms with Gasteiger partial charge in [0.15, 0.2) is 0 Å². The molecule has 0 bridgehead atoms. The highest BCUT2D eigenvalue weighted by Crippen LogP contribution is 2.11. The Morgan fingerprint density at radius 2 is 1.35 bits per heavy atom. The Morgan fingerprint density at radius 3 is 1.80 bits per heavy atom. The highest BCUT2D eigenvalue weighted by molar-refractivity contribution is 5.81. The van der Waals surface area contributed by atoms with Crippen molar-refractivity contribution in [1.82, 2.24) is 4.90 Å². The molecule has 0 aliphatic heterocycles. The molecule has 0 aromatic rings. The number of aliphatic carboxylic acids is 1. The molecular weight excluding hydrogens is 254 g/mol. The third kappa shape index (κ3) is 10.8. The Kier molecular flexibility index (Phi) is 12.3. The fourth-order valence-electron chi connectivity index (χ4n) is 2.28. The molecule has 118 valence electrons. The van der Waals surface area contributed by atoms with E-state index in [0.29, 0.717) is 13.0 Å². The van der Waals surface area contributed by atoms with Gasteiger partial charge in [0.1, 0.15) is 6.54 Å². The van der Waals surface area contributed by atoms with Crippen molar-refractivity contribution >= 4 is 11.9 Å². The predicted octanol–water partition coefficient (Wildman–Crippen LogP) is 3.84. The monoisotopic (exact) mass is 285 g/mol. The molecule has 0 aromatic carbocycles. The van der Waals surface area contributed by atoms with Gasteiger partial charge in [0.25, 0.3) is 0 Å². The van der Waals surface area contributed by atoms with Crippen LogP contribution in [0.2, 0.25) is 0 Å². The second-order valence-electron chi connectivity index (χ2n) is 5.38. The molecule has 20 heavy (non-hydrogen) atoms. The highest BCUT2D eigenvalue weighted by Gasteiger charge is 2.13. The van der Waals surface area contributed by atoms with E-state index >= 15 is 0 Å². The number of carbonyl (C=O) groups excluding carboxylic acids is 1. The van der Waals surface area contributed by atoms with Crippen molar-refractivity contribution in [3.05, 3.63) is 0 Å². The highest BCUT2D eigenvalue weighted by atomic mass is 16.4. The molecule has 0 fully saturated rings. The number of hydrogen-bond acceptors (Lipinski definition) is 2. The van der Waals surface area contributed by atoms with E-state index in [4.69, 9.17) is 5.11 Å². The van der Waals surface area contributed by atoms with Crippen LogP contribution in [0, 0.1) is 0 Å². The molecule has 1 N–H and O–H groups in total. The molecule has 0 radical (unpaired) electrons. The summed E-state index contributed by atoms with van der Waals surface area (Å²) in [6, 6.07) is 0. The molecule has 0 rings (SSSR count). The second-order valence-corrected chi connectivity index (χ2v) is 5.38. The summed E-state index contributed by atoms with van der Waals surface area (Å²) in [7, 11) is 0. The van der Waals surface area contributed by atoms with Crippen molar-refractivity contribution < 1.29 is 14.7 Å². The molecule has 0 aliphatic carbocycles. The number of carboxylic acids is 1. The number of hydrogen-bond donors (Lipinski definition) is 1. The van der Waals surface area contributed by atoms with Crippen LogP contribution >= 0.6 is 0 Å². The molecule has 4 nitrogen and oxygen atoms in total. The van der Waals surface area contributed by atoms with E-state index in [1.165, 1.54) is 49.8 Å². The lowest BCUT2D eigenvalue weighted by Crippen LogP contribution is -2.35. The van der Waals surface area contributed by atoms with Crippen LogP contribution in [0.3, 0.4) is 0 Å². The SMILES string of the molecule is CCCCCCCCCCCC(=O)N(CC)CC(=O)O. The van der Waals surface area contributed by atoms with Gasteiger partial charge < -0.3 is 10.0 Å². The Morgan fingerprint density at radius 1 is 0.850 bits per heavy atom. The second kappa shape index (κ2) is 12.9. The number of likely N-dealkylation sites (N-methyl/N-ethyl adjacent to an activating group) is 1. The van der Waals surface area contributed by atoms with Gasteiger partial charge in [-0.2, -0.15) is 0 Å². The molecule has 0 heterocycles. The largest absolute Gasteiger partial charge is 0.480 e. The van der Waals surface area contributed by atoms with Gasteiger partial charge in [-0.15, -0.1) is 0 Å². The quantitative estimate of drug-likeness (QED) is 0.523. The van der Waals surface area contributed by atoms with Crippen molar-refractivity contribution in [1.29, 1.82) is 0 Å². The fraction of sp³-hybridized carbons (Fsp3) is 0.875. The van der Waals surface area contributed by atoms with Crippen LogP contribution in [0.1, 0.15) is 78.1 Å². The van der Waals surface area contributed by atoms with E-state index in [2.05, 4.69) is 6.92 Å². The first-order chi connectivity index (χ1) is 9.61. The van der Waals surface area contributed by atoms with Gasteiger partial charge in [0.2, 0.25) is 5.91 Å². The van der Waals surface area contributed by atoms with Crippen LogP contribution in [0.5, 0.6) is 0 Å². The van der Waals surface area contributed by atoms with Crippen LogP contribution in [0.4, 0.5) is 0 Å². The van der Waals surface area contributed by atoms with Crippen molar-refractivity contribution in [3.8, 4) is 0 Å². The maximum atomic E-state index is 11.8. The summed E-state index contributed by atoms with van der Waals surface area (Å²) >= 11 is 0. The third-order valence-corrected chi connectivity index (χ3v) is 3.55. The van der Waals surface area contributed by atoms with Crippen molar-refractivity contribution in [2.24, 2.45) is 0 Å². The molecule has 0 aliphatic rings. The van der Waals surface area contributed by atoms with E-state index < -0.39 is 5.97 Å². The summed E-state index contributed by atoms with van der Waals surface area (Å²) in [5.41, 5.74) is 0. The number of unbranched alkanes of at least 4 members (excludes halogenated alkanes) is 8. The van der Waals surface area contributed by atoms with Crippen molar-refractivity contribution in [2.45, 2.75) is 78.1 Å². The van der Waals surface area contributed by atoms with E-state index in [1.807, 2.05) is 6.92 Å². The number of amides is 1. The van der Waals surface area contributed by atoms with Crippen LogP contribution < -0.4 is 0 Å². The van der Waals surface area contributed by atoms with Gasteiger partial charge >= 0.3 is 5.97 Å². The molecular formula is C16H31NO3. The summed E-state index contributed by atoms with van der Waals surface area (Å²) in [5.74, 6) is -0.967. The number of carbonyl (C=O) groups is 2. The normalized spacial score (nSPS) is 10.5. The Labute approximate surface area is 123 Å². The van der Waals surface area contributed by atoms with Crippen LogP contribution in [-0.4, -0.2) is 35.0 Å². The molecule has 0 spiro atoms. The van der Waals surface area contributed by atoms with Crippen LogP contribution in [0.15, 0.2) is 0 Å². The molecule has 0 saturated heterocycles. The first-order valence-corrected chi connectivity index (χ1v) is 8.11. The first-order valence-electron chi connectivity index (χ1n) is 8.11. The van der Waals surface area contributed by atoms with E-state index in [-0.39, 0.29) is 12.5 Å². The fourth-order valence-corrected chi connectivity index (χ4v) is 2.28. The van der Waals surface area contributed by atoms with Gasteiger partial charge in [0.05, 0.1) is 0 Å². The minimum atomic E-state index is -0.938. The molecule has 0 aromatic heterocycles. The zero-order chi connectivity index (χ0) is 15.2. The van der Waals surface area contributed by atoms with E-state index in [1.54, 1.807) is 0 Å². The average molecular weight is 285 g/mol. The third-order valence-electron chi connectivity index (χ3n) is 3.55. The number of nitrogens with zero attached hydrogens (tertiary/aromatic N) is 1. The summed E-state index contributed by atoms with van der Waals surface area (Å²) < 4.78 is 0. The van der Waals surface area contributed by atoms with Crippen LogP contribution in [-0.2, 0) is 9.59 Å². The smallest absolute Gasteiger partial charge is 0.323 e. The van der Waals surface area contributed by atoms with E-state index in [0.717, 1.165) is 12.8 Å². The maximum Gasteiger partial charge on any atom is 0.323 e. The topological polar surface area (TPSA) is 57.6 Å². The molecule has 1 amide bonds. The average Bonchev–Trinajstić information content (AvgIpc) is 2.42. The summed E-state index contributed by atoms with van der Waals surface area (Å²) in [5, 5.41) is 8.70. The lowest BCUT2D eigenvalue weighted by molar-refractivity contribution is -0.144. The molecule has 0 atom stereocenters. The Hall–Kier alpha value is -1.06. The predicted molar refractivity (Wildman–Crippen MR) is 81.7 cm³/mol. The Bertz CT molecular complexity index is 266. The van der Waals surface area contributed by atoms with Crippen LogP contribution in [0.25, 0.3) is 0 Å². The lowest BCUT2D eigenvalue weighted by atomic mass is 10.1. The van der Waals surface area contributed by atoms with Gasteiger partial charge in [-0.3, -0.25) is 9.59 Å². The van der Waals surface area contributed by atoms with Crippen molar-refractivity contribution in [3.63, 3.8) is 0 Å². The van der Waals surface area contributed by atoms with Gasteiger partial charge in [-0.05, 0) is 13.3 Å². The standard InChI is InChI=1S/C16H31NO3/c1-3-5-6-7-8-9-10-11-12-13-15(18)17(4-2)14-16(19)20/h3-14H2,1-2H3,(H,19,20). The minimum absolute atomic E-state index is 0.0298. The summed E-state index contributed by atoms with van der Waals surface area (Å²) in [6.07, 6.45) is 11.5. The first kappa shape index (κ1) is 18.9.